The van der Waals surface area contributed by atoms with E-state index in [1.807, 2.05) is 101 Å². The number of carbonyl (C=O) groups is 5. The van der Waals surface area contributed by atoms with Crippen molar-refractivity contribution in [2.45, 2.75) is 115 Å². The molecule has 1 fully saturated rings. The molecule has 79 heavy (non-hydrogen) atoms. The van der Waals surface area contributed by atoms with E-state index in [4.69, 9.17) is 47.6 Å². The molecule has 21 heteroatoms. The van der Waals surface area contributed by atoms with Crippen molar-refractivity contribution in [1.82, 2.24) is 34.9 Å². The molecule has 0 radical (unpaired) electrons. The van der Waals surface area contributed by atoms with Gasteiger partial charge in [0, 0.05) is 55.4 Å². The largest absolute Gasteiger partial charge is 0.490 e. The fraction of sp³-hybridized carbons (Fsp3) is 0.448. The number of imidazole rings is 1. The number of hydrogen-bond acceptors (Lipinski definition) is 10. The number of nitrogens with zero attached hydrogens (tertiary/aromatic N) is 5. The van der Waals surface area contributed by atoms with E-state index in [0.29, 0.717) is 34.4 Å². The van der Waals surface area contributed by atoms with E-state index in [1.165, 1.54) is 12.8 Å². The molecule has 4 unspecified atom stereocenters. The number of likely N-dealkylation sites (tertiary alicyclic amines) is 1. The molecule has 0 spiro atoms. The summed E-state index contributed by atoms with van der Waals surface area (Å²) in [5, 5.41) is 24.4. The topological polar surface area (TPSA) is 196 Å². The third-order valence-corrected chi connectivity index (χ3v) is 14.6. The monoisotopic (exact) mass is 1140 g/mol. The SMILES string of the molecule is CC(NCc1ccc(Cl)cc1Oc1ccc(-c2cnc(CN3CCCC3)n2C)cc1)C(=O)NC(COC(C)(C)C)C(=O)N(C)C(Cc1ccc(Cl)cc1)CN(C)C(=O)C(CC(=O)O)[C@H]1CCc2ccccc21.O=C(O)C(F)(F)F. The fourth-order valence-corrected chi connectivity index (χ4v) is 9.97. The Hall–Kier alpha value is -6.51. The molecule has 426 valence electrons. The van der Waals surface area contributed by atoms with Crippen LogP contribution in [0.25, 0.3) is 11.3 Å². The second kappa shape index (κ2) is 27.6. The van der Waals surface area contributed by atoms with Crippen LogP contribution < -0.4 is 15.4 Å². The molecule has 1 aliphatic carbocycles. The summed E-state index contributed by atoms with van der Waals surface area (Å²) in [6, 6.07) is 25.9. The molecule has 5 atom stereocenters. The van der Waals surface area contributed by atoms with Gasteiger partial charge < -0.3 is 44.7 Å². The minimum Gasteiger partial charge on any atom is -0.481 e. The van der Waals surface area contributed by atoms with Crippen LogP contribution in [0, 0.1) is 5.92 Å². The highest BCUT2D eigenvalue weighted by Gasteiger charge is 2.40. The van der Waals surface area contributed by atoms with Gasteiger partial charge >= 0.3 is 18.1 Å². The van der Waals surface area contributed by atoms with Gasteiger partial charge in [-0.25, -0.2) is 9.78 Å². The summed E-state index contributed by atoms with van der Waals surface area (Å²) in [6.07, 6.45) is 0.733. The lowest BCUT2D eigenvalue weighted by Gasteiger charge is -2.36. The number of carboxylic acids is 2. The molecule has 7 rings (SSSR count). The highest BCUT2D eigenvalue weighted by Crippen LogP contribution is 2.41. The number of benzene rings is 4. The van der Waals surface area contributed by atoms with Crippen LogP contribution in [0.5, 0.6) is 11.5 Å². The number of amides is 3. The number of aliphatic carboxylic acids is 2. The number of carbonyl (C=O) groups excluding carboxylic acids is 3. The smallest absolute Gasteiger partial charge is 0.481 e. The lowest BCUT2D eigenvalue weighted by Crippen LogP contribution is -2.57. The first kappa shape index (κ1) is 61.7. The van der Waals surface area contributed by atoms with Crippen LogP contribution in [0.2, 0.25) is 10.0 Å². The van der Waals surface area contributed by atoms with E-state index in [9.17, 15) is 37.5 Å². The first-order chi connectivity index (χ1) is 37.3. The Morgan fingerprint density at radius 3 is 2.16 bits per heavy atom. The molecule has 1 aromatic heterocycles. The molecule has 5 aromatic rings. The standard InChI is InChI=1S/C56H69Cl2N7O7.C2HF3O2/c1-36(59-31-40-16-22-42(58)29-50(40)72-44-23-17-39(18-24-44)49-32-60-51(64(49)7)34-65-26-10-11-27-65)53(68)61-48(35-71-56(2,3)4)55(70)63(6)43(28-37-14-20-41(57)21-15-37)33-62(5)54(69)47(30-52(66)67)46-25-19-38-12-8-9-13-45(38)46;3-2(4,5)1(6)7/h8-9,12-18,20-24,29,32,36,43,46-48,59H,10-11,19,25-28,30-31,33-35H2,1-7H3,(H,61,68)(H,66,67);(H,6,7)/t36?,43?,46-,47?,48?;/m0./s1. The maximum absolute atomic E-state index is 14.8. The molecule has 1 aliphatic heterocycles. The minimum absolute atomic E-state index is 0.0900. The quantitative estimate of drug-likeness (QED) is 0.0513. The van der Waals surface area contributed by atoms with Gasteiger partial charge in [0.05, 0.1) is 55.1 Å². The van der Waals surface area contributed by atoms with Gasteiger partial charge in [0.1, 0.15) is 23.4 Å². The van der Waals surface area contributed by atoms with Crippen molar-refractivity contribution in [2.24, 2.45) is 13.0 Å². The maximum Gasteiger partial charge on any atom is 0.490 e. The van der Waals surface area contributed by atoms with Crippen molar-refractivity contribution in [3.05, 3.63) is 135 Å². The average molecular weight is 1140 g/mol. The number of nitrogens with one attached hydrogen (secondary N) is 2. The molecular formula is C58H70Cl2F3N7O9. The molecule has 0 saturated carbocycles. The van der Waals surface area contributed by atoms with Crippen molar-refractivity contribution in [1.29, 1.82) is 0 Å². The summed E-state index contributed by atoms with van der Waals surface area (Å²) >= 11 is 12.7. The van der Waals surface area contributed by atoms with Crippen molar-refractivity contribution in [2.75, 3.05) is 40.3 Å². The van der Waals surface area contributed by atoms with Crippen LogP contribution in [-0.2, 0) is 61.7 Å². The van der Waals surface area contributed by atoms with Gasteiger partial charge in [-0.2, -0.15) is 13.2 Å². The Morgan fingerprint density at radius 1 is 0.886 bits per heavy atom. The van der Waals surface area contributed by atoms with E-state index in [0.717, 1.165) is 65.4 Å². The third kappa shape index (κ3) is 17.7. The number of halogens is 5. The van der Waals surface area contributed by atoms with Crippen LogP contribution in [0.1, 0.15) is 87.4 Å². The Balaban J connectivity index is 0.00000135. The Bertz CT molecular complexity index is 2890. The summed E-state index contributed by atoms with van der Waals surface area (Å²) in [7, 11) is 5.36. The lowest BCUT2D eigenvalue weighted by molar-refractivity contribution is -0.192. The number of carboxylic acid groups (broad SMARTS) is 2. The molecule has 0 bridgehead atoms. The molecule has 3 amide bonds. The minimum atomic E-state index is -5.08. The number of rotatable bonds is 22. The van der Waals surface area contributed by atoms with Crippen LogP contribution in [0.15, 0.2) is 97.2 Å². The van der Waals surface area contributed by atoms with Gasteiger partial charge in [-0.05, 0) is 144 Å². The lowest BCUT2D eigenvalue weighted by atomic mass is 9.84. The second-order valence-corrected chi connectivity index (χ2v) is 21.9. The third-order valence-electron chi connectivity index (χ3n) is 14.1. The van der Waals surface area contributed by atoms with Gasteiger partial charge in [0.25, 0.3) is 0 Å². The van der Waals surface area contributed by atoms with E-state index in [2.05, 4.69) is 20.1 Å². The van der Waals surface area contributed by atoms with Crippen LogP contribution in [-0.4, -0.2) is 134 Å². The fourth-order valence-electron chi connectivity index (χ4n) is 9.68. The Labute approximate surface area is 469 Å². The molecule has 1 saturated heterocycles. The number of hydrogen-bond donors (Lipinski definition) is 4. The van der Waals surface area contributed by atoms with Crippen molar-refractivity contribution < 1.29 is 56.8 Å². The van der Waals surface area contributed by atoms with Crippen molar-refractivity contribution >= 4 is 52.9 Å². The van der Waals surface area contributed by atoms with E-state index in [-0.39, 0.29) is 37.9 Å². The van der Waals surface area contributed by atoms with Gasteiger partial charge in [0.15, 0.2) is 0 Å². The normalized spacial score (nSPS) is 15.9. The predicted molar refractivity (Wildman–Crippen MR) is 295 cm³/mol. The number of likely N-dealkylation sites (N-methyl/N-ethyl adjacent to an activating group) is 2. The molecule has 4 aromatic carbocycles. The summed E-state index contributed by atoms with van der Waals surface area (Å²) in [6.45, 7) is 10.6. The number of aromatic nitrogens is 2. The zero-order valence-electron chi connectivity index (χ0n) is 45.5. The van der Waals surface area contributed by atoms with Gasteiger partial charge in [-0.1, -0.05) is 65.7 Å². The van der Waals surface area contributed by atoms with Gasteiger partial charge in [-0.15, -0.1) is 0 Å². The Kier molecular flexibility index (Phi) is 21.5. The number of ether oxygens (including phenoxy) is 2. The van der Waals surface area contributed by atoms with Crippen molar-refractivity contribution in [3.63, 3.8) is 0 Å². The average Bonchev–Trinajstić information content (AvgIpc) is 4.17. The first-order valence-electron chi connectivity index (χ1n) is 26.1. The highest BCUT2D eigenvalue weighted by molar-refractivity contribution is 6.31. The maximum atomic E-state index is 14.8. The molecule has 16 nitrogen and oxygen atoms in total. The molecule has 4 N–H and O–H groups in total. The zero-order valence-corrected chi connectivity index (χ0v) is 47.0. The summed E-state index contributed by atoms with van der Waals surface area (Å²) in [4.78, 5) is 74.6. The molecule has 2 heterocycles. The van der Waals surface area contributed by atoms with Crippen LogP contribution in [0.3, 0.4) is 0 Å². The summed E-state index contributed by atoms with van der Waals surface area (Å²) in [5.74, 6) is -3.85. The Morgan fingerprint density at radius 2 is 1.53 bits per heavy atom. The zero-order chi connectivity index (χ0) is 57.8. The van der Waals surface area contributed by atoms with Crippen LogP contribution >= 0.6 is 23.2 Å². The predicted octanol–water partition coefficient (Wildman–Crippen LogP) is 9.54. The van der Waals surface area contributed by atoms with Crippen molar-refractivity contribution in [3.8, 4) is 22.8 Å². The second-order valence-electron chi connectivity index (χ2n) is 21.1. The van der Waals surface area contributed by atoms with E-state index in [1.54, 1.807) is 55.1 Å². The summed E-state index contributed by atoms with van der Waals surface area (Å²) < 4.78 is 46.4. The van der Waals surface area contributed by atoms with Crippen LogP contribution in [0.4, 0.5) is 13.2 Å². The molecular weight excluding hydrogens is 1070 g/mol. The molecule has 2 aliphatic rings. The highest BCUT2D eigenvalue weighted by atomic mass is 35.5. The van der Waals surface area contributed by atoms with Gasteiger partial charge in [0.2, 0.25) is 17.7 Å². The van der Waals surface area contributed by atoms with E-state index < -0.39 is 59.6 Å². The van der Waals surface area contributed by atoms with E-state index >= 15 is 0 Å². The van der Waals surface area contributed by atoms with Gasteiger partial charge in [-0.3, -0.25) is 24.1 Å². The number of alkyl halides is 3. The first-order valence-corrected chi connectivity index (χ1v) is 26.9. The number of aryl methyl sites for hydroxylation is 1. The number of fused-ring (bicyclic) bond motifs is 1. The summed E-state index contributed by atoms with van der Waals surface area (Å²) in [5.41, 5.74) is 5.15.